The van der Waals surface area contributed by atoms with Crippen molar-refractivity contribution in [2.24, 2.45) is 11.8 Å². The molecule has 0 aromatic rings. The number of hydrogen-bond acceptors (Lipinski definition) is 4. The number of carboxylic acids is 1. The lowest BCUT2D eigenvalue weighted by Gasteiger charge is -2.19. The van der Waals surface area contributed by atoms with Crippen LogP contribution in [0.1, 0.15) is 19.8 Å². The highest BCUT2D eigenvalue weighted by Gasteiger charge is 2.45. The van der Waals surface area contributed by atoms with Crippen LogP contribution in [0.2, 0.25) is 0 Å². The Morgan fingerprint density at radius 3 is 2.56 bits per heavy atom. The topological polar surface area (TPSA) is 83.5 Å². The molecule has 6 heteroatoms. The number of sulfone groups is 1. The van der Waals surface area contributed by atoms with Gasteiger partial charge < -0.3 is 10.4 Å². The summed E-state index contributed by atoms with van der Waals surface area (Å²) in [6.45, 7) is 2.28. The molecular weight excluding hydrogens is 230 g/mol. The Hall–Kier alpha value is -0.620. The molecule has 0 aromatic heterocycles. The van der Waals surface area contributed by atoms with Crippen LogP contribution >= 0.6 is 0 Å². The summed E-state index contributed by atoms with van der Waals surface area (Å²) in [6.07, 6.45) is 1.22. The van der Waals surface area contributed by atoms with E-state index in [9.17, 15) is 13.2 Å². The molecule has 0 saturated carbocycles. The molecule has 0 aromatic carbocycles. The van der Waals surface area contributed by atoms with Crippen molar-refractivity contribution < 1.29 is 18.3 Å². The van der Waals surface area contributed by atoms with Gasteiger partial charge in [0.15, 0.2) is 9.84 Å². The van der Waals surface area contributed by atoms with Crippen molar-refractivity contribution in [1.82, 2.24) is 5.32 Å². The van der Waals surface area contributed by atoms with Gasteiger partial charge in [-0.15, -0.1) is 0 Å². The van der Waals surface area contributed by atoms with Crippen molar-refractivity contribution in [3.8, 4) is 0 Å². The minimum Gasteiger partial charge on any atom is -0.480 e. The lowest BCUT2D eigenvalue weighted by Crippen LogP contribution is -2.44. The summed E-state index contributed by atoms with van der Waals surface area (Å²) in [5, 5.41) is 12.0. The zero-order chi connectivity index (χ0) is 12.0. The molecule has 0 spiro atoms. The normalized spacial score (nSPS) is 42.3. The van der Waals surface area contributed by atoms with Gasteiger partial charge in [0, 0.05) is 0 Å². The van der Waals surface area contributed by atoms with Gasteiger partial charge in [0.2, 0.25) is 0 Å². The summed E-state index contributed by atoms with van der Waals surface area (Å²) in [5.41, 5.74) is -0.878. The molecule has 92 valence electrons. The molecule has 2 fully saturated rings. The smallest absolute Gasteiger partial charge is 0.323 e. The van der Waals surface area contributed by atoms with E-state index < -0.39 is 21.3 Å². The second-order valence-electron chi connectivity index (χ2n) is 5.15. The van der Waals surface area contributed by atoms with E-state index in [0.29, 0.717) is 19.4 Å². The minimum absolute atomic E-state index is 0.138. The first kappa shape index (κ1) is 11.9. The molecule has 5 nitrogen and oxygen atoms in total. The number of carbonyl (C=O) groups is 1. The van der Waals surface area contributed by atoms with Crippen LogP contribution in [0.15, 0.2) is 0 Å². The first-order valence-electron chi connectivity index (χ1n) is 5.51. The van der Waals surface area contributed by atoms with Gasteiger partial charge in [-0.2, -0.15) is 0 Å². The van der Waals surface area contributed by atoms with E-state index in [2.05, 4.69) is 5.32 Å². The van der Waals surface area contributed by atoms with E-state index >= 15 is 0 Å². The van der Waals surface area contributed by atoms with Crippen LogP contribution in [-0.2, 0) is 14.6 Å². The van der Waals surface area contributed by atoms with Gasteiger partial charge in [-0.05, 0) is 38.1 Å². The molecule has 0 radical (unpaired) electrons. The van der Waals surface area contributed by atoms with Gasteiger partial charge in [-0.25, -0.2) is 8.42 Å². The SMILES string of the molecule is CC1(C(=O)O)CC(C2CCS(=O)(=O)C2)CN1. The van der Waals surface area contributed by atoms with Crippen molar-refractivity contribution in [1.29, 1.82) is 0 Å². The number of carboxylic acid groups (broad SMARTS) is 1. The molecule has 3 unspecified atom stereocenters. The summed E-state index contributed by atoms with van der Waals surface area (Å²) in [5.74, 6) is -0.0413. The summed E-state index contributed by atoms with van der Waals surface area (Å²) < 4.78 is 22.7. The summed E-state index contributed by atoms with van der Waals surface area (Å²) >= 11 is 0. The maximum Gasteiger partial charge on any atom is 0.323 e. The second-order valence-corrected chi connectivity index (χ2v) is 7.37. The predicted octanol–water partition coefficient (Wildman–Crippen LogP) is -0.126. The van der Waals surface area contributed by atoms with Crippen LogP contribution in [0.5, 0.6) is 0 Å². The van der Waals surface area contributed by atoms with E-state index in [1.807, 2.05) is 0 Å². The van der Waals surface area contributed by atoms with E-state index in [4.69, 9.17) is 5.11 Å². The zero-order valence-corrected chi connectivity index (χ0v) is 10.1. The third-order valence-electron chi connectivity index (χ3n) is 3.83. The molecule has 0 amide bonds. The Morgan fingerprint density at radius 2 is 2.12 bits per heavy atom. The molecule has 16 heavy (non-hydrogen) atoms. The van der Waals surface area contributed by atoms with Gasteiger partial charge in [0.1, 0.15) is 5.54 Å². The highest BCUT2D eigenvalue weighted by molar-refractivity contribution is 7.91. The van der Waals surface area contributed by atoms with Crippen molar-refractivity contribution >= 4 is 15.8 Å². The molecule has 2 aliphatic heterocycles. The van der Waals surface area contributed by atoms with Crippen LogP contribution in [0.3, 0.4) is 0 Å². The summed E-state index contributed by atoms with van der Waals surface area (Å²) in [7, 11) is -2.87. The molecular formula is C10H17NO4S. The van der Waals surface area contributed by atoms with Gasteiger partial charge in [0.05, 0.1) is 11.5 Å². The number of aliphatic carboxylic acids is 1. The van der Waals surface area contributed by atoms with E-state index in [1.54, 1.807) is 6.92 Å². The van der Waals surface area contributed by atoms with Crippen molar-refractivity contribution in [2.45, 2.75) is 25.3 Å². The van der Waals surface area contributed by atoms with Crippen molar-refractivity contribution in [3.63, 3.8) is 0 Å². The molecule has 2 saturated heterocycles. The Balaban J connectivity index is 2.03. The molecule has 0 aliphatic carbocycles. The van der Waals surface area contributed by atoms with Crippen LogP contribution in [0.4, 0.5) is 0 Å². The van der Waals surface area contributed by atoms with Gasteiger partial charge in [0.25, 0.3) is 0 Å². The second kappa shape index (κ2) is 3.70. The molecule has 2 aliphatic rings. The summed E-state index contributed by atoms with van der Waals surface area (Å²) in [4.78, 5) is 11.0. The first-order valence-corrected chi connectivity index (χ1v) is 7.33. The Kier molecular flexibility index (Phi) is 2.74. The highest BCUT2D eigenvalue weighted by Crippen LogP contribution is 2.35. The lowest BCUT2D eigenvalue weighted by molar-refractivity contribution is -0.143. The minimum atomic E-state index is -2.87. The van der Waals surface area contributed by atoms with Crippen molar-refractivity contribution in [2.75, 3.05) is 18.1 Å². The number of hydrogen-bond donors (Lipinski definition) is 2. The molecule has 2 N–H and O–H groups in total. The third-order valence-corrected chi connectivity index (χ3v) is 5.62. The third kappa shape index (κ3) is 2.08. The standard InChI is InChI=1S/C10H17NO4S/c1-10(9(12)13)4-8(5-11-10)7-2-3-16(14,15)6-7/h7-8,11H,2-6H2,1H3,(H,12,13). The van der Waals surface area contributed by atoms with Gasteiger partial charge in [-0.1, -0.05) is 0 Å². The lowest BCUT2D eigenvalue weighted by atomic mass is 9.86. The van der Waals surface area contributed by atoms with Crippen molar-refractivity contribution in [3.05, 3.63) is 0 Å². The number of nitrogens with one attached hydrogen (secondary N) is 1. The van der Waals surface area contributed by atoms with Crippen LogP contribution in [0.25, 0.3) is 0 Å². The molecule has 0 bridgehead atoms. The highest BCUT2D eigenvalue weighted by atomic mass is 32.2. The monoisotopic (exact) mass is 247 g/mol. The molecule has 3 atom stereocenters. The van der Waals surface area contributed by atoms with Crippen LogP contribution in [-0.4, -0.2) is 43.1 Å². The Bertz CT molecular complexity index is 405. The average molecular weight is 247 g/mol. The molecule has 2 rings (SSSR count). The average Bonchev–Trinajstić information content (AvgIpc) is 2.70. The fraction of sp³-hybridized carbons (Fsp3) is 0.900. The van der Waals surface area contributed by atoms with Gasteiger partial charge >= 0.3 is 5.97 Å². The Labute approximate surface area is 95.1 Å². The molecule has 2 heterocycles. The summed E-state index contributed by atoms with van der Waals surface area (Å²) in [6, 6.07) is 0. The zero-order valence-electron chi connectivity index (χ0n) is 9.27. The first-order chi connectivity index (χ1) is 7.32. The Morgan fingerprint density at radius 1 is 1.44 bits per heavy atom. The maximum atomic E-state index is 11.4. The largest absolute Gasteiger partial charge is 0.480 e. The van der Waals surface area contributed by atoms with E-state index in [-0.39, 0.29) is 23.3 Å². The fourth-order valence-corrected chi connectivity index (χ4v) is 4.64. The van der Waals surface area contributed by atoms with Crippen LogP contribution < -0.4 is 5.32 Å². The fourth-order valence-electron chi connectivity index (χ4n) is 2.72. The van der Waals surface area contributed by atoms with E-state index in [1.165, 1.54) is 0 Å². The quantitative estimate of drug-likeness (QED) is 0.710. The maximum absolute atomic E-state index is 11.4. The van der Waals surface area contributed by atoms with Gasteiger partial charge in [-0.3, -0.25) is 4.79 Å². The predicted molar refractivity (Wildman–Crippen MR) is 58.9 cm³/mol. The van der Waals surface area contributed by atoms with E-state index in [0.717, 1.165) is 0 Å². The number of rotatable bonds is 2. The van der Waals surface area contributed by atoms with Crippen LogP contribution in [0, 0.1) is 11.8 Å².